The van der Waals surface area contributed by atoms with Crippen LogP contribution in [0.3, 0.4) is 0 Å². The van der Waals surface area contributed by atoms with Gasteiger partial charge < -0.3 is 14.9 Å². The maximum Gasteiger partial charge on any atom is 0.230 e. The number of hydrogen-bond acceptors (Lipinski definition) is 4. The number of anilines is 1. The molecule has 1 saturated heterocycles. The summed E-state index contributed by atoms with van der Waals surface area (Å²) in [6.07, 6.45) is 8.19. The quantitative estimate of drug-likeness (QED) is 0.437. The van der Waals surface area contributed by atoms with Crippen molar-refractivity contribution in [1.29, 1.82) is 0 Å². The van der Waals surface area contributed by atoms with Crippen LogP contribution in [0.1, 0.15) is 74.0 Å². The maximum absolute atomic E-state index is 14.4. The van der Waals surface area contributed by atoms with E-state index in [1.807, 2.05) is 6.07 Å². The normalized spacial score (nSPS) is 19.9. The molecule has 2 aromatic carbocycles. The summed E-state index contributed by atoms with van der Waals surface area (Å²) in [6.45, 7) is 4.31. The Morgan fingerprint density at radius 2 is 1.73 bits per heavy atom. The van der Waals surface area contributed by atoms with E-state index in [0.717, 1.165) is 73.9 Å². The zero-order chi connectivity index (χ0) is 25.4. The van der Waals surface area contributed by atoms with Gasteiger partial charge in [-0.1, -0.05) is 61.4 Å². The van der Waals surface area contributed by atoms with Crippen LogP contribution in [0.2, 0.25) is 0 Å². The Balaban J connectivity index is 1.37. The number of piperidine rings is 1. The zero-order valence-corrected chi connectivity index (χ0v) is 22.0. The number of aliphatic hydroxyl groups excluding tert-OH is 1. The van der Waals surface area contributed by atoms with Gasteiger partial charge in [0.2, 0.25) is 5.91 Å². The number of benzene rings is 2. The third-order valence-corrected chi connectivity index (χ3v) is 8.78. The molecule has 2 aliphatic carbocycles. The summed E-state index contributed by atoms with van der Waals surface area (Å²) in [7, 11) is 0. The number of pyridine rings is 1. The predicted octanol–water partition coefficient (Wildman–Crippen LogP) is 5.97. The van der Waals surface area contributed by atoms with E-state index < -0.39 is 0 Å². The number of aliphatic hydroxyl groups is 1. The van der Waals surface area contributed by atoms with Gasteiger partial charge in [0.15, 0.2) is 0 Å². The van der Waals surface area contributed by atoms with E-state index in [0.29, 0.717) is 24.4 Å². The molecule has 6 rings (SSSR count). The van der Waals surface area contributed by atoms with E-state index in [1.54, 1.807) is 0 Å². The van der Waals surface area contributed by atoms with Crippen LogP contribution in [0.15, 0.2) is 54.6 Å². The number of amides is 1. The number of hydrogen-bond donors (Lipinski definition) is 1. The van der Waals surface area contributed by atoms with Crippen molar-refractivity contribution in [2.24, 2.45) is 5.92 Å². The van der Waals surface area contributed by atoms with Crippen molar-refractivity contribution in [1.82, 2.24) is 9.88 Å². The molecular formula is C32H39N3O2. The topological polar surface area (TPSA) is 56.7 Å². The number of carbonyl (C=O) groups is 1. The fourth-order valence-corrected chi connectivity index (χ4v) is 6.55. The lowest BCUT2D eigenvalue weighted by Crippen LogP contribution is -2.40. The molecule has 1 aromatic heterocycles. The van der Waals surface area contributed by atoms with E-state index in [-0.39, 0.29) is 12.0 Å². The Kier molecular flexibility index (Phi) is 6.90. The third-order valence-electron chi connectivity index (χ3n) is 8.78. The molecule has 1 amide bonds. The van der Waals surface area contributed by atoms with Crippen LogP contribution in [0.5, 0.6) is 0 Å². The van der Waals surface area contributed by atoms with Crippen molar-refractivity contribution in [2.75, 3.05) is 18.0 Å². The van der Waals surface area contributed by atoms with Crippen molar-refractivity contribution >= 4 is 22.6 Å². The number of aromatic nitrogens is 1. The fourth-order valence-electron chi connectivity index (χ4n) is 6.55. The monoisotopic (exact) mass is 497 g/mol. The molecule has 0 bridgehead atoms. The lowest BCUT2D eigenvalue weighted by Gasteiger charge is -2.35. The van der Waals surface area contributed by atoms with E-state index >= 15 is 0 Å². The van der Waals surface area contributed by atoms with Crippen molar-refractivity contribution in [3.05, 3.63) is 71.3 Å². The van der Waals surface area contributed by atoms with Crippen LogP contribution < -0.4 is 4.90 Å². The highest BCUT2D eigenvalue weighted by Crippen LogP contribution is 2.41. The van der Waals surface area contributed by atoms with E-state index in [9.17, 15) is 9.90 Å². The van der Waals surface area contributed by atoms with Crippen molar-refractivity contribution < 1.29 is 9.90 Å². The van der Waals surface area contributed by atoms with Crippen LogP contribution in [0, 0.1) is 12.8 Å². The first-order valence-corrected chi connectivity index (χ1v) is 14.3. The summed E-state index contributed by atoms with van der Waals surface area (Å²) in [5, 5.41) is 11.3. The minimum Gasteiger partial charge on any atom is -0.393 e. The Morgan fingerprint density at radius 3 is 2.43 bits per heavy atom. The highest BCUT2D eigenvalue weighted by atomic mass is 16.3. The number of rotatable bonds is 7. The molecule has 0 spiro atoms. The van der Waals surface area contributed by atoms with Gasteiger partial charge in [0.1, 0.15) is 5.82 Å². The molecular weight excluding hydrogens is 458 g/mol. The lowest BCUT2D eigenvalue weighted by molar-refractivity contribution is -0.135. The molecule has 1 atom stereocenters. The number of para-hydroxylation sites is 1. The smallest absolute Gasteiger partial charge is 0.230 e. The summed E-state index contributed by atoms with van der Waals surface area (Å²) in [5.41, 5.74) is 4.50. The minimum absolute atomic E-state index is 0.0615. The predicted molar refractivity (Wildman–Crippen MR) is 149 cm³/mol. The molecule has 3 aromatic rings. The number of nitrogens with zero attached hydrogens (tertiary/aromatic N) is 3. The highest BCUT2D eigenvalue weighted by Gasteiger charge is 2.40. The summed E-state index contributed by atoms with van der Waals surface area (Å²) in [4.78, 5) is 24.1. The van der Waals surface area contributed by atoms with E-state index in [4.69, 9.17) is 4.98 Å². The van der Waals surface area contributed by atoms with Crippen LogP contribution in [-0.2, 0) is 11.3 Å². The van der Waals surface area contributed by atoms with Crippen LogP contribution >= 0.6 is 0 Å². The Labute approximate surface area is 220 Å². The molecule has 194 valence electrons. The number of carbonyl (C=O) groups excluding carboxylic acids is 1. The van der Waals surface area contributed by atoms with Gasteiger partial charge in [0, 0.05) is 36.6 Å². The second-order valence-corrected chi connectivity index (χ2v) is 11.5. The molecule has 5 nitrogen and oxygen atoms in total. The second-order valence-electron chi connectivity index (χ2n) is 11.5. The first kappa shape index (κ1) is 24.4. The van der Waals surface area contributed by atoms with Crippen molar-refractivity contribution in [2.45, 2.75) is 82.9 Å². The van der Waals surface area contributed by atoms with Gasteiger partial charge in [0.05, 0.1) is 17.5 Å². The van der Waals surface area contributed by atoms with Gasteiger partial charge in [-0.15, -0.1) is 0 Å². The average molecular weight is 498 g/mol. The van der Waals surface area contributed by atoms with Gasteiger partial charge in [-0.05, 0) is 68.6 Å². The molecule has 0 radical (unpaired) electrons. The molecule has 5 heteroatoms. The highest BCUT2D eigenvalue weighted by molar-refractivity contribution is 5.87. The van der Waals surface area contributed by atoms with Gasteiger partial charge in [-0.3, -0.25) is 4.79 Å². The fraction of sp³-hybridized carbons (Fsp3) is 0.500. The lowest BCUT2D eigenvalue weighted by atomic mass is 9.83. The van der Waals surface area contributed by atoms with E-state index in [1.165, 1.54) is 24.0 Å². The van der Waals surface area contributed by atoms with Gasteiger partial charge in [0.25, 0.3) is 0 Å². The molecule has 37 heavy (non-hydrogen) atoms. The maximum atomic E-state index is 14.4. The third kappa shape index (κ3) is 5.11. The Bertz CT molecular complexity index is 1240. The molecule has 2 saturated carbocycles. The molecule has 0 unspecified atom stereocenters. The largest absolute Gasteiger partial charge is 0.393 e. The van der Waals surface area contributed by atoms with Crippen LogP contribution in [0.4, 0.5) is 5.82 Å². The first-order valence-electron chi connectivity index (χ1n) is 14.3. The van der Waals surface area contributed by atoms with Crippen LogP contribution in [0.25, 0.3) is 10.9 Å². The standard InChI is InChI=1S/C32H39N3O2/c1-22-8-7-13-25-20-26(31(33-30(22)25)34-18-16-28(36)17-19-34)21-35(27-14-15-27)32(37)29(24-11-5-6-12-24)23-9-3-2-4-10-23/h2-4,7-10,13,20,24,27-29,36H,5-6,11-12,14-19,21H2,1H3/t29-/m1/s1. The zero-order valence-electron chi connectivity index (χ0n) is 22.0. The van der Waals surface area contributed by atoms with Crippen LogP contribution in [-0.4, -0.2) is 46.1 Å². The summed E-state index contributed by atoms with van der Waals surface area (Å²) < 4.78 is 0. The second kappa shape index (κ2) is 10.4. The number of aryl methyl sites for hydroxylation is 1. The minimum atomic E-state index is -0.232. The van der Waals surface area contributed by atoms with Gasteiger partial charge >= 0.3 is 0 Å². The molecule has 1 aliphatic heterocycles. The summed E-state index contributed by atoms with van der Waals surface area (Å²) in [5.74, 6) is 1.65. The Hall–Kier alpha value is -2.92. The molecule has 3 aliphatic rings. The summed E-state index contributed by atoms with van der Waals surface area (Å²) >= 11 is 0. The van der Waals surface area contributed by atoms with Gasteiger partial charge in [-0.2, -0.15) is 0 Å². The first-order chi connectivity index (χ1) is 18.1. The van der Waals surface area contributed by atoms with Gasteiger partial charge in [-0.25, -0.2) is 4.98 Å². The molecule has 1 N–H and O–H groups in total. The van der Waals surface area contributed by atoms with E-state index in [2.05, 4.69) is 65.3 Å². The SMILES string of the molecule is Cc1cccc2cc(CN(C(=O)[C@H](c3ccccc3)C3CCCC3)C3CC3)c(N3CCC(O)CC3)nc12. The molecule has 3 fully saturated rings. The molecule has 2 heterocycles. The Morgan fingerprint density at radius 1 is 1.00 bits per heavy atom. The average Bonchev–Trinajstić information content (AvgIpc) is 3.62. The number of fused-ring (bicyclic) bond motifs is 1. The van der Waals surface area contributed by atoms with Crippen molar-refractivity contribution in [3.63, 3.8) is 0 Å². The van der Waals surface area contributed by atoms with Crippen molar-refractivity contribution in [3.8, 4) is 0 Å². The summed E-state index contributed by atoms with van der Waals surface area (Å²) in [6, 6.07) is 19.4.